The Morgan fingerprint density at radius 2 is 1.85 bits per heavy atom. The molecule has 2 aromatic carbocycles. The molecule has 6 rings (SSSR count). The van der Waals surface area contributed by atoms with Crippen LogP contribution in [-0.4, -0.2) is 39.0 Å². The third-order valence-electron chi connectivity index (χ3n) is 7.00. The highest BCUT2D eigenvalue weighted by Gasteiger charge is 2.24. The molecule has 0 amide bonds. The first kappa shape index (κ1) is 19.8. The maximum atomic E-state index is 9.10. The molecule has 2 aromatic heterocycles. The lowest BCUT2D eigenvalue weighted by atomic mass is 9.96. The molecule has 4 heterocycles. The van der Waals surface area contributed by atoms with E-state index >= 15 is 0 Å². The Bertz CT molecular complexity index is 1350. The largest absolute Gasteiger partial charge is 0.372 e. The van der Waals surface area contributed by atoms with Crippen LogP contribution in [-0.2, 0) is 6.54 Å². The van der Waals surface area contributed by atoms with Gasteiger partial charge in [-0.2, -0.15) is 5.26 Å². The van der Waals surface area contributed by atoms with E-state index in [2.05, 4.69) is 60.8 Å². The molecule has 1 fully saturated rings. The van der Waals surface area contributed by atoms with Crippen molar-refractivity contribution >= 4 is 5.69 Å². The first-order valence-electron chi connectivity index (χ1n) is 11.4. The van der Waals surface area contributed by atoms with E-state index in [9.17, 15) is 0 Å². The summed E-state index contributed by atoms with van der Waals surface area (Å²) < 4.78 is 4.34. The fourth-order valence-electron chi connectivity index (χ4n) is 5.05. The number of nitrogens with zero attached hydrogens (tertiary/aromatic N) is 6. The molecule has 7 heteroatoms. The maximum Gasteiger partial charge on any atom is 0.185 e. The average Bonchev–Trinajstić information content (AvgIpc) is 3.49. The number of benzene rings is 2. The number of piperidine rings is 1. The third kappa shape index (κ3) is 3.40. The summed E-state index contributed by atoms with van der Waals surface area (Å²) in [7, 11) is 0. The molecule has 0 spiro atoms. The number of hydrogen-bond donors (Lipinski definition) is 1. The second-order valence-electron chi connectivity index (χ2n) is 8.93. The number of nitriles is 1. The smallest absolute Gasteiger partial charge is 0.185 e. The minimum Gasteiger partial charge on any atom is -0.372 e. The molecule has 0 saturated carbocycles. The van der Waals surface area contributed by atoms with E-state index in [1.54, 1.807) is 6.33 Å². The molecule has 0 unspecified atom stereocenters. The monoisotopic (exact) mass is 435 g/mol. The Morgan fingerprint density at radius 3 is 2.61 bits per heavy atom. The van der Waals surface area contributed by atoms with Crippen molar-refractivity contribution in [2.75, 3.05) is 24.5 Å². The molecule has 7 nitrogen and oxygen atoms in total. The highest BCUT2D eigenvalue weighted by molar-refractivity contribution is 5.72. The molecule has 0 aliphatic carbocycles. The van der Waals surface area contributed by atoms with Crippen LogP contribution in [0.3, 0.4) is 0 Å². The number of anilines is 1. The molecule has 0 radical (unpaired) electrons. The lowest BCUT2D eigenvalue weighted by Crippen LogP contribution is -2.36. The van der Waals surface area contributed by atoms with E-state index in [-0.39, 0.29) is 0 Å². The summed E-state index contributed by atoms with van der Waals surface area (Å²) in [5.41, 5.74) is 13.4. The zero-order valence-electron chi connectivity index (χ0n) is 18.4. The molecule has 0 atom stereocenters. The third-order valence-corrected chi connectivity index (χ3v) is 7.00. The number of fused-ring (bicyclic) bond motifs is 5. The van der Waals surface area contributed by atoms with Crippen molar-refractivity contribution in [3.8, 4) is 34.4 Å². The second-order valence-corrected chi connectivity index (χ2v) is 8.93. The van der Waals surface area contributed by atoms with E-state index in [1.807, 2.05) is 24.3 Å². The van der Waals surface area contributed by atoms with Crippen molar-refractivity contribution in [3.63, 3.8) is 0 Å². The highest BCUT2D eigenvalue weighted by atomic mass is 15.3. The minimum atomic E-state index is 0.643. The van der Waals surface area contributed by atoms with Gasteiger partial charge in [0, 0.05) is 37.1 Å². The molecular formula is C26H25N7. The lowest BCUT2D eigenvalue weighted by Gasteiger charge is -2.33. The Morgan fingerprint density at radius 1 is 1.03 bits per heavy atom. The molecule has 0 bridgehead atoms. The normalized spacial score (nSPS) is 15.3. The Hall–Kier alpha value is -3.89. The Labute approximate surface area is 192 Å². The van der Waals surface area contributed by atoms with Gasteiger partial charge in [0.1, 0.15) is 6.33 Å². The van der Waals surface area contributed by atoms with Crippen molar-refractivity contribution in [1.82, 2.24) is 19.3 Å². The van der Waals surface area contributed by atoms with Gasteiger partial charge in [0.2, 0.25) is 0 Å². The molecule has 1 saturated heterocycles. The van der Waals surface area contributed by atoms with Crippen molar-refractivity contribution in [1.29, 1.82) is 5.26 Å². The topological polar surface area (TPSA) is 88.7 Å². The number of hydrogen-bond acceptors (Lipinski definition) is 5. The molecule has 33 heavy (non-hydrogen) atoms. The van der Waals surface area contributed by atoms with E-state index in [0.29, 0.717) is 11.5 Å². The molecule has 4 aromatic rings. The van der Waals surface area contributed by atoms with Crippen molar-refractivity contribution in [2.45, 2.75) is 19.4 Å². The molecule has 2 aliphatic rings. The van der Waals surface area contributed by atoms with Crippen LogP contribution < -0.4 is 10.6 Å². The summed E-state index contributed by atoms with van der Waals surface area (Å²) in [5.74, 6) is 1.48. The van der Waals surface area contributed by atoms with Crippen LogP contribution in [0.5, 0.6) is 0 Å². The van der Waals surface area contributed by atoms with Gasteiger partial charge in [0.25, 0.3) is 0 Å². The minimum absolute atomic E-state index is 0.643. The van der Waals surface area contributed by atoms with Crippen molar-refractivity contribution < 1.29 is 0 Å². The van der Waals surface area contributed by atoms with Gasteiger partial charge in [0.05, 0.1) is 23.0 Å². The summed E-state index contributed by atoms with van der Waals surface area (Å²) in [4.78, 5) is 2.48. The fourth-order valence-corrected chi connectivity index (χ4v) is 5.05. The predicted molar refractivity (Wildman–Crippen MR) is 128 cm³/mol. The van der Waals surface area contributed by atoms with E-state index < -0.39 is 0 Å². The second kappa shape index (κ2) is 7.91. The van der Waals surface area contributed by atoms with E-state index in [1.165, 1.54) is 11.3 Å². The van der Waals surface area contributed by atoms with E-state index in [4.69, 9.17) is 11.0 Å². The highest BCUT2D eigenvalue weighted by Crippen LogP contribution is 2.35. The summed E-state index contributed by atoms with van der Waals surface area (Å²) in [6, 6.07) is 18.8. The SMILES string of the molecule is N#Cc1ccc(-c2cc3n(c2)Cc2cc(N4CCC(CN)CC4)ccc2-n2cnnc2-3)cc1. The van der Waals surface area contributed by atoms with Crippen LogP contribution in [0.15, 0.2) is 61.1 Å². The molecule has 2 N–H and O–H groups in total. The van der Waals surface area contributed by atoms with Crippen LogP contribution in [0, 0.1) is 17.2 Å². The Kier molecular flexibility index (Phi) is 4.74. The fraction of sp³-hybridized carbons (Fsp3) is 0.269. The van der Waals surface area contributed by atoms with Crippen LogP contribution >= 0.6 is 0 Å². The zero-order valence-corrected chi connectivity index (χ0v) is 18.4. The predicted octanol–water partition coefficient (Wildman–Crippen LogP) is 3.81. The van der Waals surface area contributed by atoms with Crippen molar-refractivity contribution in [3.05, 3.63) is 72.2 Å². The first-order valence-corrected chi connectivity index (χ1v) is 11.4. The van der Waals surface area contributed by atoms with E-state index in [0.717, 1.165) is 67.4 Å². The van der Waals surface area contributed by atoms with Crippen LogP contribution in [0.4, 0.5) is 5.69 Å². The maximum absolute atomic E-state index is 9.10. The van der Waals surface area contributed by atoms with Crippen molar-refractivity contribution in [2.24, 2.45) is 11.7 Å². The standard InChI is InChI=1S/C26H25N7/c27-13-18-1-3-20(4-2-18)21-12-25-26-30-29-17-33(26)24-6-5-23(11-22(24)16-32(25)15-21)31-9-7-19(14-28)8-10-31/h1-6,11-12,15,17,19H,7-10,14,16,28H2. The van der Waals surface area contributed by atoms with Crippen LogP contribution in [0.25, 0.3) is 28.3 Å². The van der Waals surface area contributed by atoms with Gasteiger partial charge in [-0.25, -0.2) is 0 Å². The lowest BCUT2D eigenvalue weighted by molar-refractivity contribution is 0.414. The number of aromatic nitrogens is 4. The number of rotatable bonds is 3. The quantitative estimate of drug-likeness (QED) is 0.466. The van der Waals surface area contributed by atoms with Crippen LogP contribution in [0.1, 0.15) is 24.0 Å². The number of nitrogens with two attached hydrogens (primary N) is 1. The van der Waals surface area contributed by atoms with Gasteiger partial charge in [-0.05, 0) is 72.8 Å². The summed E-state index contributed by atoms with van der Waals surface area (Å²) in [5, 5.41) is 17.8. The average molecular weight is 436 g/mol. The molecule has 164 valence electrons. The summed E-state index contributed by atoms with van der Waals surface area (Å²) in [6.07, 6.45) is 6.27. The Balaban J connectivity index is 1.38. The summed E-state index contributed by atoms with van der Waals surface area (Å²) in [6.45, 7) is 3.65. The van der Waals surface area contributed by atoms with Gasteiger partial charge in [-0.3, -0.25) is 4.57 Å². The van der Waals surface area contributed by atoms with Crippen LogP contribution in [0.2, 0.25) is 0 Å². The van der Waals surface area contributed by atoms with Gasteiger partial charge in [0.15, 0.2) is 5.82 Å². The molecule has 2 aliphatic heterocycles. The first-order chi connectivity index (χ1) is 16.2. The van der Waals surface area contributed by atoms with Gasteiger partial charge >= 0.3 is 0 Å². The zero-order chi connectivity index (χ0) is 22.4. The summed E-state index contributed by atoms with van der Waals surface area (Å²) >= 11 is 0. The van der Waals surface area contributed by atoms with Gasteiger partial charge in [-0.1, -0.05) is 12.1 Å². The van der Waals surface area contributed by atoms with Gasteiger partial charge in [-0.15, -0.1) is 10.2 Å². The van der Waals surface area contributed by atoms with Gasteiger partial charge < -0.3 is 15.2 Å². The molecular weight excluding hydrogens is 410 g/mol.